The molecular formula is C11H23F3N4O2S. The second kappa shape index (κ2) is 6.78. The molecule has 0 amide bonds. The highest BCUT2D eigenvalue weighted by Gasteiger charge is 2.31. The van der Waals surface area contributed by atoms with Crippen LogP contribution in [0.15, 0.2) is 0 Å². The van der Waals surface area contributed by atoms with Crippen LogP contribution in [0.5, 0.6) is 0 Å². The quantitative estimate of drug-likeness (QED) is 0.647. The Kier molecular flexibility index (Phi) is 6.01. The van der Waals surface area contributed by atoms with Gasteiger partial charge in [-0.15, -0.1) is 0 Å². The van der Waals surface area contributed by atoms with Gasteiger partial charge >= 0.3 is 6.18 Å². The topological polar surface area (TPSA) is 87.5 Å². The summed E-state index contributed by atoms with van der Waals surface area (Å²) < 4.78 is 62.8. The van der Waals surface area contributed by atoms with Crippen molar-refractivity contribution in [3.63, 3.8) is 0 Å². The number of hydrogen-bond acceptors (Lipinski definition) is 4. The molecule has 0 atom stereocenters. The Bertz CT molecular complexity index is 426. The van der Waals surface area contributed by atoms with Gasteiger partial charge in [-0.2, -0.15) is 31.0 Å². The van der Waals surface area contributed by atoms with Crippen LogP contribution in [-0.4, -0.2) is 57.3 Å². The van der Waals surface area contributed by atoms with Gasteiger partial charge < -0.3 is 10.6 Å². The maximum absolute atomic E-state index is 12.0. The first-order valence-electron chi connectivity index (χ1n) is 6.71. The number of nitrogens with two attached hydrogens (primary N) is 1. The summed E-state index contributed by atoms with van der Waals surface area (Å²) in [5, 5.41) is 0. The number of hydrogen-bond donors (Lipinski definition) is 3. The number of piperidine rings is 1. The smallest absolute Gasteiger partial charge is 0.324 e. The summed E-state index contributed by atoms with van der Waals surface area (Å²) in [5.74, 6) is 0. The van der Waals surface area contributed by atoms with E-state index in [1.54, 1.807) is 0 Å². The monoisotopic (exact) mass is 332 g/mol. The zero-order valence-corrected chi connectivity index (χ0v) is 13.0. The Morgan fingerprint density at radius 3 is 2.19 bits per heavy atom. The number of alkyl halides is 3. The van der Waals surface area contributed by atoms with E-state index in [2.05, 4.69) is 9.62 Å². The van der Waals surface area contributed by atoms with Crippen LogP contribution >= 0.6 is 0 Å². The molecule has 6 nitrogen and oxygen atoms in total. The second-order valence-electron chi connectivity index (χ2n) is 6.10. The lowest BCUT2D eigenvalue weighted by Gasteiger charge is -2.35. The van der Waals surface area contributed by atoms with E-state index in [0.29, 0.717) is 32.5 Å². The van der Waals surface area contributed by atoms with E-state index < -0.39 is 22.9 Å². The van der Waals surface area contributed by atoms with Crippen LogP contribution in [0.1, 0.15) is 26.7 Å². The van der Waals surface area contributed by atoms with E-state index >= 15 is 0 Å². The van der Waals surface area contributed by atoms with Gasteiger partial charge in [0.2, 0.25) is 0 Å². The van der Waals surface area contributed by atoms with Crippen molar-refractivity contribution in [2.75, 3.05) is 26.2 Å². The molecule has 0 aliphatic carbocycles. The van der Waals surface area contributed by atoms with Gasteiger partial charge in [0, 0.05) is 18.1 Å². The molecule has 1 fully saturated rings. The first-order chi connectivity index (χ1) is 9.36. The molecule has 1 saturated heterocycles. The molecule has 21 heavy (non-hydrogen) atoms. The van der Waals surface area contributed by atoms with Crippen molar-refractivity contribution in [2.45, 2.75) is 44.4 Å². The second-order valence-corrected chi connectivity index (χ2v) is 7.63. The van der Waals surface area contributed by atoms with E-state index in [1.165, 1.54) is 4.72 Å². The summed E-state index contributed by atoms with van der Waals surface area (Å²) in [6.45, 7) is 4.26. The van der Waals surface area contributed by atoms with Gasteiger partial charge in [0.1, 0.15) is 6.54 Å². The zero-order valence-electron chi connectivity index (χ0n) is 12.2. The Morgan fingerprint density at radius 1 is 1.24 bits per heavy atom. The van der Waals surface area contributed by atoms with Gasteiger partial charge in [0.05, 0.1) is 0 Å². The lowest BCUT2D eigenvalue weighted by molar-refractivity contribution is -0.121. The lowest BCUT2D eigenvalue weighted by atomic mass is 10.0. The summed E-state index contributed by atoms with van der Waals surface area (Å²) in [6, 6.07) is -0.354. The van der Waals surface area contributed by atoms with E-state index in [4.69, 9.17) is 5.73 Å². The third kappa shape index (κ3) is 8.57. The predicted octanol–water partition coefficient (Wildman–Crippen LogP) is 0.174. The minimum Gasteiger partial charge on any atom is -0.324 e. The van der Waals surface area contributed by atoms with Crippen molar-refractivity contribution in [1.82, 2.24) is 14.3 Å². The minimum atomic E-state index is -4.56. The highest BCUT2D eigenvalue weighted by molar-refractivity contribution is 7.87. The Labute approximate surface area is 123 Å². The van der Waals surface area contributed by atoms with Gasteiger partial charge in [0.25, 0.3) is 10.2 Å². The van der Waals surface area contributed by atoms with E-state index in [-0.39, 0.29) is 11.6 Å². The van der Waals surface area contributed by atoms with Crippen molar-refractivity contribution in [2.24, 2.45) is 5.73 Å². The predicted molar refractivity (Wildman–Crippen MR) is 73.8 cm³/mol. The standard InChI is InChI=1S/C11H23F3N4O2S/c1-10(2,15)8-18-5-3-9(4-6-18)17-21(19,20)16-7-11(12,13)14/h9,16-17H,3-8,15H2,1-2H3. The maximum atomic E-state index is 12.0. The number of likely N-dealkylation sites (tertiary alicyclic amines) is 1. The number of nitrogens with zero attached hydrogens (tertiary/aromatic N) is 1. The fourth-order valence-electron chi connectivity index (χ4n) is 2.22. The van der Waals surface area contributed by atoms with Crippen LogP contribution in [0.4, 0.5) is 13.2 Å². The Hall–Kier alpha value is -0.420. The molecule has 1 aliphatic rings. The SMILES string of the molecule is CC(C)(N)CN1CCC(NS(=O)(=O)NCC(F)(F)F)CC1. The van der Waals surface area contributed by atoms with Crippen molar-refractivity contribution in [3.8, 4) is 0 Å². The maximum Gasteiger partial charge on any atom is 0.402 e. The van der Waals surface area contributed by atoms with Gasteiger partial charge in [-0.3, -0.25) is 0 Å². The molecule has 0 unspecified atom stereocenters. The van der Waals surface area contributed by atoms with E-state index in [1.807, 2.05) is 13.8 Å². The van der Waals surface area contributed by atoms with E-state index in [9.17, 15) is 21.6 Å². The van der Waals surface area contributed by atoms with Gasteiger partial charge in [-0.1, -0.05) is 0 Å². The van der Waals surface area contributed by atoms with Crippen LogP contribution in [0, 0.1) is 0 Å². The highest BCUT2D eigenvalue weighted by atomic mass is 32.2. The first kappa shape index (κ1) is 18.6. The number of rotatable bonds is 6. The summed E-state index contributed by atoms with van der Waals surface area (Å²) in [7, 11) is -4.13. The molecule has 1 aliphatic heterocycles. The minimum absolute atomic E-state index is 0.333. The molecule has 0 saturated carbocycles. The molecule has 4 N–H and O–H groups in total. The van der Waals surface area contributed by atoms with Gasteiger partial charge in [-0.25, -0.2) is 0 Å². The highest BCUT2D eigenvalue weighted by Crippen LogP contribution is 2.15. The van der Waals surface area contributed by atoms with Crippen LogP contribution in [0.2, 0.25) is 0 Å². The van der Waals surface area contributed by atoms with Crippen LogP contribution < -0.4 is 15.2 Å². The molecule has 0 aromatic rings. The van der Waals surface area contributed by atoms with Crippen LogP contribution in [-0.2, 0) is 10.2 Å². The lowest BCUT2D eigenvalue weighted by Crippen LogP contribution is -2.52. The van der Waals surface area contributed by atoms with Crippen molar-refractivity contribution >= 4 is 10.2 Å². The molecule has 0 aromatic carbocycles. The van der Waals surface area contributed by atoms with Crippen molar-refractivity contribution in [1.29, 1.82) is 0 Å². The molecule has 10 heteroatoms. The molecule has 0 spiro atoms. The molecular weight excluding hydrogens is 309 g/mol. The Balaban J connectivity index is 2.38. The summed E-state index contributed by atoms with van der Waals surface area (Å²) in [4.78, 5) is 2.12. The molecule has 1 heterocycles. The van der Waals surface area contributed by atoms with Gasteiger partial charge in [-0.05, 0) is 39.8 Å². The Morgan fingerprint density at radius 2 is 1.76 bits per heavy atom. The van der Waals surface area contributed by atoms with Crippen molar-refractivity contribution in [3.05, 3.63) is 0 Å². The third-order valence-electron chi connectivity index (χ3n) is 3.00. The third-order valence-corrected chi connectivity index (χ3v) is 4.17. The molecule has 1 rings (SSSR count). The fraction of sp³-hybridized carbons (Fsp3) is 1.00. The summed E-state index contributed by atoms with van der Waals surface area (Å²) in [5.41, 5.74) is 5.58. The fourth-order valence-corrected chi connectivity index (χ4v) is 3.33. The largest absolute Gasteiger partial charge is 0.402 e. The normalized spacial score (nSPS) is 19.9. The van der Waals surface area contributed by atoms with Gasteiger partial charge in [0.15, 0.2) is 0 Å². The first-order valence-corrected chi connectivity index (χ1v) is 8.19. The molecule has 0 aromatic heterocycles. The molecule has 0 bridgehead atoms. The summed E-state index contributed by atoms with van der Waals surface area (Å²) in [6.07, 6.45) is -3.48. The summed E-state index contributed by atoms with van der Waals surface area (Å²) >= 11 is 0. The van der Waals surface area contributed by atoms with E-state index in [0.717, 1.165) is 0 Å². The number of nitrogens with one attached hydrogen (secondary N) is 2. The number of halogens is 3. The average molecular weight is 332 g/mol. The van der Waals surface area contributed by atoms with Crippen LogP contribution in [0.3, 0.4) is 0 Å². The van der Waals surface area contributed by atoms with Crippen LogP contribution in [0.25, 0.3) is 0 Å². The molecule has 0 radical (unpaired) electrons. The molecule has 126 valence electrons. The zero-order chi connectivity index (χ0) is 16.3. The average Bonchev–Trinajstić information content (AvgIpc) is 2.26. The van der Waals surface area contributed by atoms with Crippen molar-refractivity contribution < 1.29 is 21.6 Å².